The minimum atomic E-state index is -0.391. The predicted molar refractivity (Wildman–Crippen MR) is 60.9 cm³/mol. The van der Waals surface area contributed by atoms with Crippen LogP contribution in [-0.4, -0.2) is 0 Å². The molecular weight excluding hydrogens is 188 g/mol. The summed E-state index contributed by atoms with van der Waals surface area (Å²) in [6.45, 7) is 4.23. The summed E-state index contributed by atoms with van der Waals surface area (Å²) in [5.41, 5.74) is 1.85. The zero-order valence-corrected chi connectivity index (χ0v) is 8.78. The molecule has 0 aromatic heterocycles. The Morgan fingerprint density at radius 2 is 1.60 bits per heavy atom. The molecule has 2 heteroatoms. The van der Waals surface area contributed by atoms with Crippen molar-refractivity contribution in [2.24, 2.45) is 0 Å². The van der Waals surface area contributed by atoms with Gasteiger partial charge in [-0.05, 0) is 17.0 Å². The van der Waals surface area contributed by atoms with Crippen molar-refractivity contribution in [3.63, 3.8) is 0 Å². The molecule has 0 saturated heterocycles. The van der Waals surface area contributed by atoms with Crippen molar-refractivity contribution in [3.8, 4) is 11.1 Å². The summed E-state index contributed by atoms with van der Waals surface area (Å²) in [4.78, 5) is 21.9. The molecule has 0 aliphatic carbocycles. The van der Waals surface area contributed by atoms with E-state index >= 15 is 0 Å². The fraction of sp³-hybridized carbons (Fsp3) is 0.231. The average molecular weight is 200 g/mol. The Morgan fingerprint density at radius 3 is 2.00 bits per heavy atom. The van der Waals surface area contributed by atoms with E-state index in [1.165, 1.54) is 11.6 Å². The SMILES string of the molecule is CC(C)c1ccc(-c2cc(=O)c2=O)cc1. The van der Waals surface area contributed by atoms with Gasteiger partial charge in [0.25, 0.3) is 0 Å². The Balaban J connectivity index is 2.38. The van der Waals surface area contributed by atoms with Gasteiger partial charge in [0.2, 0.25) is 10.9 Å². The monoisotopic (exact) mass is 200 g/mol. The van der Waals surface area contributed by atoms with Crippen molar-refractivity contribution in [3.05, 3.63) is 56.3 Å². The Kier molecular flexibility index (Phi) is 2.27. The number of benzene rings is 1. The molecular formula is C13H12O2. The molecule has 2 nitrogen and oxygen atoms in total. The van der Waals surface area contributed by atoms with Gasteiger partial charge in [-0.3, -0.25) is 9.59 Å². The zero-order valence-electron chi connectivity index (χ0n) is 8.78. The lowest BCUT2D eigenvalue weighted by atomic mass is 9.97. The summed E-state index contributed by atoms with van der Waals surface area (Å²) in [5.74, 6) is 0.478. The second kappa shape index (κ2) is 3.46. The van der Waals surface area contributed by atoms with Crippen molar-refractivity contribution in [1.82, 2.24) is 0 Å². The van der Waals surface area contributed by atoms with Crippen LogP contribution in [0.15, 0.2) is 39.9 Å². The summed E-state index contributed by atoms with van der Waals surface area (Å²) < 4.78 is 0. The molecule has 0 aliphatic heterocycles. The van der Waals surface area contributed by atoms with Crippen LogP contribution in [0.1, 0.15) is 25.3 Å². The highest BCUT2D eigenvalue weighted by Gasteiger charge is 2.11. The molecule has 0 amide bonds. The van der Waals surface area contributed by atoms with E-state index in [2.05, 4.69) is 13.8 Å². The summed E-state index contributed by atoms with van der Waals surface area (Å²) in [5, 5.41) is 0. The number of hydrogen-bond acceptors (Lipinski definition) is 2. The van der Waals surface area contributed by atoms with Crippen LogP contribution in [0.4, 0.5) is 0 Å². The van der Waals surface area contributed by atoms with E-state index in [9.17, 15) is 9.59 Å². The molecule has 0 radical (unpaired) electrons. The summed E-state index contributed by atoms with van der Waals surface area (Å²) in [6, 6.07) is 9.18. The smallest absolute Gasteiger partial charge is 0.233 e. The highest BCUT2D eigenvalue weighted by atomic mass is 16.2. The molecule has 0 spiro atoms. The Labute approximate surface area is 87.9 Å². The van der Waals surface area contributed by atoms with E-state index < -0.39 is 5.43 Å². The van der Waals surface area contributed by atoms with Crippen LogP contribution in [0.3, 0.4) is 0 Å². The first-order valence-corrected chi connectivity index (χ1v) is 5.00. The molecule has 0 N–H and O–H groups in total. The van der Waals surface area contributed by atoms with Crippen molar-refractivity contribution in [1.29, 1.82) is 0 Å². The van der Waals surface area contributed by atoms with E-state index in [0.717, 1.165) is 5.56 Å². The molecule has 0 saturated carbocycles. The topological polar surface area (TPSA) is 34.1 Å². The average Bonchev–Trinajstić information content (AvgIpc) is 2.25. The standard InChI is InChI=1S/C13H12O2/c1-8(2)9-3-5-10(6-4-9)11-7-12(14)13(11)15/h3-8H,1-2H3. The lowest BCUT2D eigenvalue weighted by Crippen LogP contribution is -2.30. The van der Waals surface area contributed by atoms with E-state index in [0.29, 0.717) is 11.5 Å². The van der Waals surface area contributed by atoms with Crippen LogP contribution in [-0.2, 0) is 0 Å². The van der Waals surface area contributed by atoms with Gasteiger partial charge in [0.15, 0.2) is 0 Å². The number of rotatable bonds is 2. The highest BCUT2D eigenvalue weighted by molar-refractivity contribution is 5.65. The Morgan fingerprint density at radius 1 is 1.00 bits per heavy atom. The fourth-order valence-corrected chi connectivity index (χ4v) is 1.58. The van der Waals surface area contributed by atoms with Gasteiger partial charge in [0.1, 0.15) is 0 Å². The number of hydrogen-bond donors (Lipinski definition) is 0. The quantitative estimate of drug-likeness (QED) is 0.695. The lowest BCUT2D eigenvalue weighted by Gasteiger charge is -2.07. The van der Waals surface area contributed by atoms with Crippen LogP contribution in [0, 0.1) is 0 Å². The third-order valence-corrected chi connectivity index (χ3v) is 2.63. The zero-order chi connectivity index (χ0) is 11.0. The minimum Gasteiger partial charge on any atom is -0.286 e. The van der Waals surface area contributed by atoms with Crippen LogP contribution in [0.2, 0.25) is 0 Å². The van der Waals surface area contributed by atoms with Crippen molar-refractivity contribution in [2.75, 3.05) is 0 Å². The Hall–Kier alpha value is -1.70. The van der Waals surface area contributed by atoms with Crippen LogP contribution in [0.25, 0.3) is 11.1 Å². The minimum absolute atomic E-state index is 0.368. The molecule has 0 atom stereocenters. The van der Waals surface area contributed by atoms with Gasteiger partial charge < -0.3 is 0 Å². The van der Waals surface area contributed by atoms with Crippen LogP contribution < -0.4 is 10.9 Å². The molecule has 2 rings (SSSR count). The maximum atomic E-state index is 11.2. The van der Waals surface area contributed by atoms with Gasteiger partial charge in [-0.25, -0.2) is 0 Å². The van der Waals surface area contributed by atoms with Crippen LogP contribution in [0.5, 0.6) is 0 Å². The molecule has 2 aromatic rings. The lowest BCUT2D eigenvalue weighted by molar-refractivity contribution is 0.867. The molecule has 76 valence electrons. The van der Waals surface area contributed by atoms with Gasteiger partial charge in [0, 0.05) is 11.6 Å². The van der Waals surface area contributed by atoms with E-state index in [4.69, 9.17) is 0 Å². The van der Waals surface area contributed by atoms with Crippen molar-refractivity contribution < 1.29 is 0 Å². The second-order valence-electron chi connectivity index (χ2n) is 4.03. The molecule has 0 fully saturated rings. The predicted octanol–water partition coefficient (Wildman–Crippen LogP) is 2.07. The van der Waals surface area contributed by atoms with Gasteiger partial charge in [-0.15, -0.1) is 0 Å². The largest absolute Gasteiger partial charge is 0.286 e. The van der Waals surface area contributed by atoms with Gasteiger partial charge in [-0.2, -0.15) is 0 Å². The molecule has 0 heterocycles. The van der Waals surface area contributed by atoms with E-state index in [-0.39, 0.29) is 5.43 Å². The van der Waals surface area contributed by atoms with Gasteiger partial charge in [0.05, 0.1) is 0 Å². The first-order valence-electron chi connectivity index (χ1n) is 5.00. The first kappa shape index (κ1) is 9.84. The molecule has 15 heavy (non-hydrogen) atoms. The maximum Gasteiger partial charge on any atom is 0.233 e. The third kappa shape index (κ3) is 1.63. The fourth-order valence-electron chi connectivity index (χ4n) is 1.58. The molecule has 0 aliphatic rings. The molecule has 0 bridgehead atoms. The summed E-state index contributed by atoms with van der Waals surface area (Å²) in [7, 11) is 0. The van der Waals surface area contributed by atoms with Crippen molar-refractivity contribution in [2.45, 2.75) is 19.8 Å². The summed E-state index contributed by atoms with van der Waals surface area (Å²) >= 11 is 0. The first-order chi connectivity index (χ1) is 7.09. The third-order valence-electron chi connectivity index (χ3n) is 2.63. The van der Waals surface area contributed by atoms with Gasteiger partial charge in [-0.1, -0.05) is 38.1 Å². The highest BCUT2D eigenvalue weighted by Crippen LogP contribution is 2.19. The second-order valence-corrected chi connectivity index (χ2v) is 4.03. The Bertz CT molecular complexity index is 540. The van der Waals surface area contributed by atoms with Crippen molar-refractivity contribution >= 4 is 0 Å². The van der Waals surface area contributed by atoms with Crippen LogP contribution >= 0.6 is 0 Å². The van der Waals surface area contributed by atoms with E-state index in [1.807, 2.05) is 24.3 Å². The molecule has 0 unspecified atom stereocenters. The summed E-state index contributed by atoms with van der Waals surface area (Å²) in [6.07, 6.45) is 0. The van der Waals surface area contributed by atoms with Gasteiger partial charge >= 0.3 is 0 Å². The normalized spacial score (nSPS) is 11.1. The maximum absolute atomic E-state index is 11.2. The van der Waals surface area contributed by atoms with E-state index in [1.54, 1.807) is 0 Å². The molecule has 2 aromatic carbocycles.